The summed E-state index contributed by atoms with van der Waals surface area (Å²) in [6.45, 7) is 1.56. The third kappa shape index (κ3) is 2.21. The molecule has 2 atom stereocenters. The summed E-state index contributed by atoms with van der Waals surface area (Å²) >= 11 is 0. The number of aliphatic hydroxyl groups is 1. The second-order valence-electron chi connectivity index (χ2n) is 3.38. The third-order valence-electron chi connectivity index (χ3n) is 2.12. The minimum Gasteiger partial charge on any atom is -0.483 e. The zero-order valence-electron chi connectivity index (χ0n) is 7.56. The quantitative estimate of drug-likeness (QED) is 0.687. The summed E-state index contributed by atoms with van der Waals surface area (Å²) < 4.78 is 5.10. The van der Waals surface area contributed by atoms with E-state index >= 15 is 0 Å². The van der Waals surface area contributed by atoms with Crippen molar-refractivity contribution in [3.63, 3.8) is 0 Å². The van der Waals surface area contributed by atoms with Crippen LogP contribution in [0, 0.1) is 0 Å². The number of hydrogen-bond acceptors (Lipinski definition) is 3. The van der Waals surface area contributed by atoms with Crippen LogP contribution in [-0.2, 0) is 9.53 Å². The molecule has 1 aliphatic heterocycles. The highest BCUT2D eigenvalue weighted by Gasteiger charge is 2.41. The summed E-state index contributed by atoms with van der Waals surface area (Å²) in [4.78, 5) is 10.9. The zero-order chi connectivity index (χ0) is 9.90. The molecule has 0 aromatic carbocycles. The maximum Gasteiger partial charge on any atom is 0.348 e. The molecule has 0 saturated carbocycles. The number of carbonyl (C=O) groups is 1. The van der Waals surface area contributed by atoms with Gasteiger partial charge in [0.15, 0.2) is 0 Å². The topological polar surface area (TPSA) is 66.8 Å². The van der Waals surface area contributed by atoms with Gasteiger partial charge in [-0.15, -0.1) is 0 Å². The zero-order valence-corrected chi connectivity index (χ0v) is 7.56. The van der Waals surface area contributed by atoms with Gasteiger partial charge in [0.2, 0.25) is 5.60 Å². The van der Waals surface area contributed by atoms with Crippen molar-refractivity contribution in [2.45, 2.75) is 37.9 Å². The Morgan fingerprint density at radius 1 is 1.77 bits per heavy atom. The normalized spacial score (nSPS) is 29.4. The molecule has 0 radical (unpaired) electrons. The van der Waals surface area contributed by atoms with Crippen molar-refractivity contribution < 1.29 is 19.7 Å². The molecule has 0 fully saturated rings. The molecule has 13 heavy (non-hydrogen) atoms. The van der Waals surface area contributed by atoms with E-state index < -0.39 is 17.7 Å². The lowest BCUT2D eigenvalue weighted by Crippen LogP contribution is -2.43. The molecule has 4 nitrogen and oxygen atoms in total. The lowest BCUT2D eigenvalue weighted by atomic mass is 9.90. The summed E-state index contributed by atoms with van der Waals surface area (Å²) in [5.41, 5.74) is -1.22. The first kappa shape index (κ1) is 10.1. The lowest BCUT2D eigenvalue weighted by molar-refractivity contribution is -0.164. The molecule has 2 N–H and O–H groups in total. The molecule has 1 heterocycles. The average molecular weight is 186 g/mol. The van der Waals surface area contributed by atoms with Gasteiger partial charge in [0, 0.05) is 12.8 Å². The number of allylic oxidation sites excluding steroid dienone is 1. The van der Waals surface area contributed by atoms with Crippen molar-refractivity contribution in [2.24, 2.45) is 0 Å². The lowest BCUT2D eigenvalue weighted by Gasteiger charge is -2.31. The van der Waals surface area contributed by atoms with Crippen molar-refractivity contribution in [3.8, 4) is 0 Å². The fraction of sp³-hybridized carbons (Fsp3) is 0.667. The smallest absolute Gasteiger partial charge is 0.348 e. The Balaban J connectivity index is 2.75. The van der Waals surface area contributed by atoms with E-state index in [0.717, 1.165) is 0 Å². The number of rotatable bonds is 3. The molecule has 2 unspecified atom stereocenters. The van der Waals surface area contributed by atoms with Crippen LogP contribution in [0.1, 0.15) is 26.2 Å². The van der Waals surface area contributed by atoms with Crippen LogP contribution < -0.4 is 0 Å². The van der Waals surface area contributed by atoms with Gasteiger partial charge >= 0.3 is 5.97 Å². The molecule has 1 aliphatic rings. The van der Waals surface area contributed by atoms with Gasteiger partial charge in [-0.3, -0.25) is 0 Å². The van der Waals surface area contributed by atoms with Crippen molar-refractivity contribution >= 4 is 5.97 Å². The van der Waals surface area contributed by atoms with Gasteiger partial charge in [0.1, 0.15) is 0 Å². The van der Waals surface area contributed by atoms with Gasteiger partial charge in [-0.1, -0.05) is 0 Å². The first-order valence-electron chi connectivity index (χ1n) is 4.31. The number of hydrogen-bond donors (Lipinski definition) is 2. The van der Waals surface area contributed by atoms with Crippen LogP contribution in [0.3, 0.4) is 0 Å². The van der Waals surface area contributed by atoms with Crippen LogP contribution in [0.2, 0.25) is 0 Å². The van der Waals surface area contributed by atoms with Crippen molar-refractivity contribution in [1.82, 2.24) is 0 Å². The molecule has 4 heteroatoms. The van der Waals surface area contributed by atoms with E-state index in [9.17, 15) is 4.79 Å². The molecular weight excluding hydrogens is 172 g/mol. The highest BCUT2D eigenvalue weighted by atomic mass is 16.5. The van der Waals surface area contributed by atoms with Crippen LogP contribution >= 0.6 is 0 Å². The Kier molecular flexibility index (Phi) is 2.93. The monoisotopic (exact) mass is 186 g/mol. The van der Waals surface area contributed by atoms with E-state index in [1.54, 1.807) is 13.0 Å². The molecule has 0 aliphatic carbocycles. The van der Waals surface area contributed by atoms with Gasteiger partial charge < -0.3 is 14.9 Å². The van der Waals surface area contributed by atoms with Crippen LogP contribution in [0.25, 0.3) is 0 Å². The fourth-order valence-electron chi connectivity index (χ4n) is 1.49. The SMILES string of the molecule is CC(O)CC1(C(=O)O)CCC=CO1. The second-order valence-corrected chi connectivity index (χ2v) is 3.38. The van der Waals surface area contributed by atoms with Crippen LogP contribution in [0.4, 0.5) is 0 Å². The molecule has 0 spiro atoms. The van der Waals surface area contributed by atoms with E-state index in [1.165, 1.54) is 6.26 Å². The summed E-state index contributed by atoms with van der Waals surface area (Å²) in [7, 11) is 0. The van der Waals surface area contributed by atoms with Crippen molar-refractivity contribution in [2.75, 3.05) is 0 Å². The van der Waals surface area contributed by atoms with Gasteiger partial charge in [-0.2, -0.15) is 0 Å². The molecule has 74 valence electrons. The summed E-state index contributed by atoms with van der Waals surface area (Å²) in [6, 6.07) is 0. The number of ether oxygens (including phenoxy) is 1. The van der Waals surface area contributed by atoms with Crippen molar-refractivity contribution in [1.29, 1.82) is 0 Å². The summed E-state index contributed by atoms with van der Waals surface area (Å²) in [5, 5.41) is 18.1. The second kappa shape index (κ2) is 3.79. The first-order chi connectivity index (χ1) is 6.07. The molecule has 0 amide bonds. The largest absolute Gasteiger partial charge is 0.483 e. The molecule has 0 bridgehead atoms. The Bertz CT molecular complexity index is 222. The van der Waals surface area contributed by atoms with E-state index in [2.05, 4.69) is 0 Å². The molecular formula is C9H14O4. The predicted molar refractivity (Wildman–Crippen MR) is 46.1 cm³/mol. The summed E-state index contributed by atoms with van der Waals surface area (Å²) in [6.07, 6.45) is 3.75. The summed E-state index contributed by atoms with van der Waals surface area (Å²) in [5.74, 6) is -1.00. The van der Waals surface area contributed by atoms with Gasteiger partial charge in [0.25, 0.3) is 0 Å². The minimum atomic E-state index is -1.22. The Morgan fingerprint density at radius 2 is 2.46 bits per heavy atom. The van der Waals surface area contributed by atoms with Crippen LogP contribution in [0.15, 0.2) is 12.3 Å². The molecule has 0 aromatic heterocycles. The Hall–Kier alpha value is -1.03. The standard InChI is InChI=1S/C9H14O4/c1-7(10)6-9(8(11)12)4-2-3-5-13-9/h3,5,7,10H,2,4,6H2,1H3,(H,11,12). The number of carboxylic acid groups (broad SMARTS) is 1. The maximum absolute atomic E-state index is 10.9. The molecule has 0 aromatic rings. The maximum atomic E-state index is 10.9. The predicted octanol–water partition coefficient (Wildman–Crippen LogP) is 0.905. The fourth-order valence-corrected chi connectivity index (χ4v) is 1.49. The van der Waals surface area contributed by atoms with E-state index in [-0.39, 0.29) is 6.42 Å². The van der Waals surface area contributed by atoms with Gasteiger partial charge in [-0.25, -0.2) is 4.79 Å². The molecule has 1 rings (SSSR count). The highest BCUT2D eigenvalue weighted by Crippen LogP contribution is 2.28. The Labute approximate surface area is 76.8 Å². The Morgan fingerprint density at radius 3 is 2.85 bits per heavy atom. The average Bonchev–Trinajstić information content (AvgIpc) is 2.04. The minimum absolute atomic E-state index is 0.132. The van der Waals surface area contributed by atoms with E-state index in [1.807, 2.05) is 0 Å². The van der Waals surface area contributed by atoms with Gasteiger partial charge in [0.05, 0.1) is 12.4 Å². The highest BCUT2D eigenvalue weighted by molar-refractivity contribution is 5.77. The number of aliphatic carboxylic acids is 1. The number of carboxylic acids is 1. The molecule has 0 saturated heterocycles. The van der Waals surface area contributed by atoms with E-state index in [4.69, 9.17) is 14.9 Å². The third-order valence-corrected chi connectivity index (χ3v) is 2.12. The van der Waals surface area contributed by atoms with Crippen LogP contribution in [0.5, 0.6) is 0 Å². The van der Waals surface area contributed by atoms with Crippen LogP contribution in [-0.4, -0.2) is 27.9 Å². The van der Waals surface area contributed by atoms with Crippen molar-refractivity contribution in [3.05, 3.63) is 12.3 Å². The first-order valence-corrected chi connectivity index (χ1v) is 4.31. The number of aliphatic hydroxyl groups excluding tert-OH is 1. The van der Waals surface area contributed by atoms with E-state index in [0.29, 0.717) is 12.8 Å². The van der Waals surface area contributed by atoms with Gasteiger partial charge in [-0.05, 0) is 19.4 Å².